The Morgan fingerprint density at radius 3 is 2.28 bits per heavy atom. The van der Waals surface area contributed by atoms with Crippen LogP contribution < -0.4 is 0 Å². The highest BCUT2D eigenvalue weighted by atomic mass is 16.6. The number of esters is 1. The molecule has 1 fully saturated rings. The smallest absolute Gasteiger partial charge is 0.310 e. The van der Waals surface area contributed by atoms with Crippen molar-refractivity contribution in [3.05, 3.63) is 35.9 Å². The Kier molecular flexibility index (Phi) is 3.24. The molecule has 0 aromatic heterocycles. The van der Waals surface area contributed by atoms with Gasteiger partial charge in [-0.15, -0.1) is 0 Å². The van der Waals surface area contributed by atoms with Gasteiger partial charge in [-0.25, -0.2) is 0 Å². The molecular formula is C15H18O3. The van der Waals surface area contributed by atoms with Gasteiger partial charge < -0.3 is 4.74 Å². The number of ketones is 1. The number of hydrogen-bond donors (Lipinski definition) is 0. The Morgan fingerprint density at radius 1 is 1.11 bits per heavy atom. The molecule has 0 heterocycles. The van der Waals surface area contributed by atoms with E-state index in [1.807, 2.05) is 39.0 Å². The van der Waals surface area contributed by atoms with Crippen LogP contribution in [0.5, 0.6) is 0 Å². The van der Waals surface area contributed by atoms with Crippen molar-refractivity contribution in [1.82, 2.24) is 0 Å². The largest absolute Gasteiger partial charge is 0.460 e. The summed E-state index contributed by atoms with van der Waals surface area (Å²) in [5, 5.41) is 0. The predicted molar refractivity (Wildman–Crippen MR) is 68.2 cm³/mol. The molecule has 2 rings (SSSR count). The third kappa shape index (κ3) is 2.97. The minimum atomic E-state index is -0.486. The van der Waals surface area contributed by atoms with Crippen LogP contribution in [-0.4, -0.2) is 17.4 Å². The minimum absolute atomic E-state index is 0.0476. The maximum atomic E-state index is 12.1. The molecule has 1 aliphatic carbocycles. The molecule has 1 aromatic rings. The highest BCUT2D eigenvalue weighted by molar-refractivity contribution is 6.02. The lowest BCUT2D eigenvalue weighted by molar-refractivity contribution is -0.156. The molecule has 0 bridgehead atoms. The molecule has 0 unspecified atom stereocenters. The third-order valence-corrected chi connectivity index (χ3v) is 2.90. The van der Waals surface area contributed by atoms with Crippen molar-refractivity contribution < 1.29 is 14.3 Å². The fourth-order valence-corrected chi connectivity index (χ4v) is 1.94. The minimum Gasteiger partial charge on any atom is -0.460 e. The SMILES string of the molecule is CC(C)(C)OC(=O)[C@H]1C[C@@H]1C(=O)c1ccccc1. The Balaban J connectivity index is 1.96. The van der Waals surface area contributed by atoms with E-state index >= 15 is 0 Å². The molecule has 0 aliphatic heterocycles. The van der Waals surface area contributed by atoms with E-state index in [1.165, 1.54) is 0 Å². The molecule has 1 aromatic carbocycles. The summed E-state index contributed by atoms with van der Waals surface area (Å²) in [6.45, 7) is 5.50. The Labute approximate surface area is 107 Å². The first-order valence-corrected chi connectivity index (χ1v) is 6.20. The normalized spacial score (nSPS) is 22.4. The lowest BCUT2D eigenvalue weighted by Gasteiger charge is -2.19. The molecule has 2 atom stereocenters. The molecule has 0 N–H and O–H groups in total. The van der Waals surface area contributed by atoms with Crippen molar-refractivity contribution >= 4 is 11.8 Å². The maximum absolute atomic E-state index is 12.1. The first kappa shape index (κ1) is 12.8. The summed E-state index contributed by atoms with van der Waals surface area (Å²) in [5.41, 5.74) is 0.188. The summed E-state index contributed by atoms with van der Waals surface area (Å²) in [6, 6.07) is 9.10. The fourth-order valence-electron chi connectivity index (χ4n) is 1.94. The summed E-state index contributed by atoms with van der Waals surface area (Å²) in [6.07, 6.45) is 0.614. The molecule has 0 radical (unpaired) electrons. The second-order valence-electron chi connectivity index (χ2n) is 5.71. The zero-order chi connectivity index (χ0) is 13.3. The van der Waals surface area contributed by atoms with Crippen LogP contribution in [0, 0.1) is 11.8 Å². The van der Waals surface area contributed by atoms with E-state index in [2.05, 4.69) is 0 Å². The molecule has 3 heteroatoms. The van der Waals surface area contributed by atoms with E-state index < -0.39 is 5.60 Å². The molecule has 0 saturated heterocycles. The highest BCUT2D eigenvalue weighted by Crippen LogP contribution is 2.42. The molecule has 0 spiro atoms. The van der Waals surface area contributed by atoms with Gasteiger partial charge in [0.1, 0.15) is 5.60 Å². The lowest BCUT2D eigenvalue weighted by atomic mass is 10.1. The summed E-state index contributed by atoms with van der Waals surface area (Å²) >= 11 is 0. The van der Waals surface area contributed by atoms with Gasteiger partial charge in [-0.2, -0.15) is 0 Å². The van der Waals surface area contributed by atoms with E-state index in [4.69, 9.17) is 4.74 Å². The van der Waals surface area contributed by atoms with Gasteiger partial charge in [0.05, 0.1) is 5.92 Å². The van der Waals surface area contributed by atoms with Crippen LogP contribution in [0.1, 0.15) is 37.6 Å². The second-order valence-corrected chi connectivity index (χ2v) is 5.71. The molecule has 1 saturated carbocycles. The average molecular weight is 246 g/mol. The van der Waals surface area contributed by atoms with Crippen molar-refractivity contribution in [3.63, 3.8) is 0 Å². The van der Waals surface area contributed by atoms with E-state index in [0.717, 1.165) is 0 Å². The lowest BCUT2D eigenvalue weighted by Crippen LogP contribution is -2.25. The van der Waals surface area contributed by atoms with Gasteiger partial charge in [-0.3, -0.25) is 9.59 Å². The van der Waals surface area contributed by atoms with Crippen molar-refractivity contribution in [2.45, 2.75) is 32.8 Å². The highest BCUT2D eigenvalue weighted by Gasteiger charge is 2.49. The number of benzene rings is 1. The topological polar surface area (TPSA) is 43.4 Å². The molecular weight excluding hydrogens is 228 g/mol. The number of hydrogen-bond acceptors (Lipinski definition) is 3. The maximum Gasteiger partial charge on any atom is 0.310 e. The van der Waals surface area contributed by atoms with Crippen LogP contribution in [0.25, 0.3) is 0 Å². The van der Waals surface area contributed by atoms with Gasteiger partial charge in [0.25, 0.3) is 0 Å². The fraction of sp³-hybridized carbons (Fsp3) is 0.467. The van der Waals surface area contributed by atoms with Crippen LogP contribution in [0.4, 0.5) is 0 Å². The van der Waals surface area contributed by atoms with E-state index in [9.17, 15) is 9.59 Å². The van der Waals surface area contributed by atoms with Gasteiger partial charge in [-0.05, 0) is 27.2 Å². The first-order chi connectivity index (χ1) is 8.38. The number of carbonyl (C=O) groups excluding carboxylic acids is 2. The number of carbonyl (C=O) groups is 2. The van der Waals surface area contributed by atoms with Crippen LogP contribution in [0.15, 0.2) is 30.3 Å². The van der Waals surface area contributed by atoms with Gasteiger partial charge in [-0.1, -0.05) is 30.3 Å². The van der Waals surface area contributed by atoms with Crippen LogP contribution >= 0.6 is 0 Å². The Morgan fingerprint density at radius 2 is 1.72 bits per heavy atom. The van der Waals surface area contributed by atoms with Gasteiger partial charge in [0, 0.05) is 11.5 Å². The van der Waals surface area contributed by atoms with Gasteiger partial charge in [0.2, 0.25) is 0 Å². The van der Waals surface area contributed by atoms with Crippen molar-refractivity contribution in [2.75, 3.05) is 0 Å². The summed E-state index contributed by atoms with van der Waals surface area (Å²) in [5.74, 6) is -0.651. The molecule has 96 valence electrons. The Bertz CT molecular complexity index is 456. The Hall–Kier alpha value is -1.64. The summed E-state index contributed by atoms with van der Waals surface area (Å²) in [4.78, 5) is 23.9. The zero-order valence-electron chi connectivity index (χ0n) is 11.0. The van der Waals surface area contributed by atoms with E-state index in [0.29, 0.717) is 12.0 Å². The summed E-state index contributed by atoms with van der Waals surface area (Å²) < 4.78 is 5.29. The molecule has 3 nitrogen and oxygen atoms in total. The van der Waals surface area contributed by atoms with Crippen molar-refractivity contribution in [1.29, 1.82) is 0 Å². The van der Waals surface area contributed by atoms with E-state index in [-0.39, 0.29) is 23.6 Å². The van der Waals surface area contributed by atoms with Gasteiger partial charge >= 0.3 is 5.97 Å². The predicted octanol–water partition coefficient (Wildman–Crippen LogP) is 2.85. The average Bonchev–Trinajstić information content (AvgIpc) is 3.07. The van der Waals surface area contributed by atoms with Crippen LogP contribution in [-0.2, 0) is 9.53 Å². The van der Waals surface area contributed by atoms with Crippen molar-refractivity contribution in [2.24, 2.45) is 11.8 Å². The van der Waals surface area contributed by atoms with Crippen LogP contribution in [0.3, 0.4) is 0 Å². The first-order valence-electron chi connectivity index (χ1n) is 6.20. The molecule has 0 amide bonds. The molecule has 1 aliphatic rings. The second kappa shape index (κ2) is 4.56. The number of Topliss-reactive ketones (excluding diaryl/α,β-unsaturated/α-hetero) is 1. The third-order valence-electron chi connectivity index (χ3n) is 2.90. The summed E-state index contributed by atoms with van der Waals surface area (Å²) in [7, 11) is 0. The molecule has 18 heavy (non-hydrogen) atoms. The van der Waals surface area contributed by atoms with E-state index in [1.54, 1.807) is 12.1 Å². The monoisotopic (exact) mass is 246 g/mol. The quantitative estimate of drug-likeness (QED) is 0.608. The van der Waals surface area contributed by atoms with Gasteiger partial charge in [0.15, 0.2) is 5.78 Å². The van der Waals surface area contributed by atoms with Crippen LogP contribution in [0.2, 0.25) is 0 Å². The number of rotatable bonds is 3. The zero-order valence-corrected chi connectivity index (χ0v) is 11.0. The van der Waals surface area contributed by atoms with Crippen molar-refractivity contribution in [3.8, 4) is 0 Å². The number of ether oxygens (including phenoxy) is 1. The standard InChI is InChI=1S/C15H18O3/c1-15(2,3)18-14(17)12-9-11(12)13(16)10-7-5-4-6-8-10/h4-8,11-12H,9H2,1-3H3/t11-,12-/m0/s1.